The van der Waals surface area contributed by atoms with Gasteiger partial charge in [0.25, 0.3) is 0 Å². The molecule has 0 aliphatic heterocycles. The number of hydrogen-bond donors (Lipinski definition) is 0. The third-order valence-electron chi connectivity index (χ3n) is 8.28. The summed E-state index contributed by atoms with van der Waals surface area (Å²) >= 11 is 0. The number of fused-ring (bicyclic) bond motifs is 7. The molecule has 1 nitrogen and oxygen atoms in total. The molecule has 0 fully saturated rings. The maximum Gasteiger partial charge on any atom is 0.172 e. The normalized spacial score (nSPS) is 12.1. The van der Waals surface area contributed by atoms with E-state index in [0.717, 1.165) is 59.0 Å². The van der Waals surface area contributed by atoms with Crippen molar-refractivity contribution in [3.8, 4) is 0 Å². The molecule has 0 aliphatic rings. The van der Waals surface area contributed by atoms with E-state index in [1.165, 1.54) is 10.8 Å². The van der Waals surface area contributed by atoms with E-state index < -0.39 is 7.14 Å². The predicted octanol–water partition coefficient (Wildman–Crippen LogP) is 9.09. The molecule has 0 unspecified atom stereocenters. The molecule has 2 heteroatoms. The summed E-state index contributed by atoms with van der Waals surface area (Å²) in [4.78, 5) is 0. The molecule has 0 atom stereocenters. The lowest BCUT2D eigenvalue weighted by Crippen LogP contribution is -2.27. The Balaban J connectivity index is 1.63. The van der Waals surface area contributed by atoms with E-state index in [9.17, 15) is 0 Å². The first kappa shape index (κ1) is 23.2. The van der Waals surface area contributed by atoms with Crippen LogP contribution in [0.2, 0.25) is 0 Å². The summed E-state index contributed by atoms with van der Waals surface area (Å²) in [6.45, 7) is 0. The van der Waals surface area contributed by atoms with Gasteiger partial charge in [0.1, 0.15) is 0 Å². The zero-order valence-electron chi connectivity index (χ0n) is 21.8. The Kier molecular flexibility index (Phi) is 5.17. The Morgan fingerprint density at radius 3 is 1.20 bits per heavy atom. The van der Waals surface area contributed by atoms with Gasteiger partial charge >= 0.3 is 0 Å². The summed E-state index contributed by atoms with van der Waals surface area (Å²) < 4.78 is 16.5. The van der Waals surface area contributed by atoms with Crippen molar-refractivity contribution in [2.75, 3.05) is 0 Å². The minimum Gasteiger partial charge on any atom is -0.309 e. The van der Waals surface area contributed by atoms with Gasteiger partial charge < -0.3 is 4.57 Å². The lowest BCUT2D eigenvalue weighted by molar-refractivity contribution is 0.593. The van der Waals surface area contributed by atoms with Gasteiger partial charge in [-0.25, -0.2) is 0 Å². The number of rotatable bonds is 3. The summed E-state index contributed by atoms with van der Waals surface area (Å²) in [5.74, 6) is 0. The SMILES string of the molecule is O=P(c1cccc2ccccc12)(c1cc2ccccc2c2ccccc12)c1cc2ccccc2c2ccccc12. The fraction of sp³-hybridized carbons (Fsp3) is 0. The molecule has 0 amide bonds. The van der Waals surface area contributed by atoms with Crippen LogP contribution >= 0.6 is 7.14 Å². The Morgan fingerprint density at radius 2 is 0.675 bits per heavy atom. The van der Waals surface area contributed by atoms with Crippen molar-refractivity contribution >= 4 is 76.9 Å². The van der Waals surface area contributed by atoms with E-state index in [2.05, 4.69) is 140 Å². The van der Waals surface area contributed by atoms with Gasteiger partial charge in [0.05, 0.1) is 0 Å². The fourth-order valence-corrected chi connectivity index (χ4v) is 9.79. The lowest BCUT2D eigenvalue weighted by atomic mass is 10.0. The van der Waals surface area contributed by atoms with Gasteiger partial charge in [-0.2, -0.15) is 0 Å². The van der Waals surface area contributed by atoms with Gasteiger partial charge in [-0.3, -0.25) is 0 Å². The van der Waals surface area contributed by atoms with Crippen LogP contribution in [-0.2, 0) is 4.57 Å². The number of hydrogen-bond acceptors (Lipinski definition) is 1. The van der Waals surface area contributed by atoms with Crippen LogP contribution in [0.15, 0.2) is 152 Å². The van der Waals surface area contributed by atoms with Crippen LogP contribution in [-0.4, -0.2) is 0 Å². The summed E-state index contributed by atoms with van der Waals surface area (Å²) in [6.07, 6.45) is 0. The lowest BCUT2D eigenvalue weighted by Gasteiger charge is -2.26. The van der Waals surface area contributed by atoms with Crippen molar-refractivity contribution in [1.29, 1.82) is 0 Å². The maximum absolute atomic E-state index is 16.5. The molecule has 8 aromatic carbocycles. The van der Waals surface area contributed by atoms with Crippen molar-refractivity contribution < 1.29 is 4.57 Å². The average Bonchev–Trinajstić information content (AvgIpc) is 3.03. The van der Waals surface area contributed by atoms with Crippen molar-refractivity contribution in [2.24, 2.45) is 0 Å². The molecule has 0 heterocycles. The molecular weight excluding hydrogens is 503 g/mol. The summed E-state index contributed by atoms with van der Waals surface area (Å²) in [6, 6.07) is 52.7. The highest BCUT2D eigenvalue weighted by molar-refractivity contribution is 7.86. The third-order valence-corrected chi connectivity index (χ3v) is 11.4. The molecule has 0 radical (unpaired) electrons. The highest BCUT2D eigenvalue weighted by Gasteiger charge is 2.35. The van der Waals surface area contributed by atoms with Crippen LogP contribution in [0.5, 0.6) is 0 Å². The third kappa shape index (κ3) is 3.32. The van der Waals surface area contributed by atoms with E-state index in [0.29, 0.717) is 0 Å². The first-order valence-electron chi connectivity index (χ1n) is 13.6. The Bertz CT molecular complexity index is 2190. The van der Waals surface area contributed by atoms with Crippen molar-refractivity contribution in [3.05, 3.63) is 152 Å². The van der Waals surface area contributed by atoms with Gasteiger partial charge in [-0.15, -0.1) is 0 Å². The molecule has 0 aliphatic carbocycles. The molecule has 0 aromatic heterocycles. The molecule has 0 spiro atoms. The second-order valence-electron chi connectivity index (χ2n) is 10.4. The van der Waals surface area contributed by atoms with E-state index in [1.54, 1.807) is 0 Å². The van der Waals surface area contributed by atoms with Crippen LogP contribution < -0.4 is 15.9 Å². The molecule has 0 N–H and O–H groups in total. The molecule has 8 rings (SSSR count). The van der Waals surface area contributed by atoms with E-state index in [1.807, 2.05) is 12.1 Å². The van der Waals surface area contributed by atoms with Crippen LogP contribution in [0.25, 0.3) is 53.9 Å². The average molecular weight is 529 g/mol. The molecule has 0 bridgehead atoms. The fourth-order valence-electron chi connectivity index (χ4n) is 6.46. The topological polar surface area (TPSA) is 17.1 Å². The van der Waals surface area contributed by atoms with Crippen LogP contribution in [0.1, 0.15) is 0 Å². The van der Waals surface area contributed by atoms with Gasteiger partial charge in [0.2, 0.25) is 0 Å². The van der Waals surface area contributed by atoms with Gasteiger partial charge in [-0.05, 0) is 66.0 Å². The first-order valence-corrected chi connectivity index (χ1v) is 15.3. The van der Waals surface area contributed by atoms with Gasteiger partial charge in [-0.1, -0.05) is 140 Å². The second-order valence-corrected chi connectivity index (χ2v) is 13.1. The molecule has 40 heavy (non-hydrogen) atoms. The summed E-state index contributed by atoms with van der Waals surface area (Å²) in [5, 5.41) is 13.7. The highest BCUT2D eigenvalue weighted by Crippen LogP contribution is 2.49. The van der Waals surface area contributed by atoms with Gasteiger partial charge in [0.15, 0.2) is 7.14 Å². The van der Waals surface area contributed by atoms with Crippen molar-refractivity contribution in [2.45, 2.75) is 0 Å². The Labute approximate surface area is 232 Å². The maximum atomic E-state index is 16.5. The van der Waals surface area contributed by atoms with Crippen LogP contribution in [0.3, 0.4) is 0 Å². The highest BCUT2D eigenvalue weighted by atomic mass is 31.2. The van der Waals surface area contributed by atoms with E-state index in [-0.39, 0.29) is 0 Å². The standard InChI is InChI=1S/C38H25OP/c39-40(36-23-11-15-26-12-1-6-18-31(26)36,37-24-27-13-2-4-16-29(27)32-19-7-9-21-34(32)37)38-25-28-14-3-5-17-30(28)33-20-8-10-22-35(33)38/h1-25H. The van der Waals surface area contributed by atoms with Crippen molar-refractivity contribution in [1.82, 2.24) is 0 Å². The monoisotopic (exact) mass is 528 g/mol. The quantitative estimate of drug-likeness (QED) is 0.165. The Hall–Kier alpha value is -4.71. The van der Waals surface area contributed by atoms with Gasteiger partial charge in [0, 0.05) is 15.9 Å². The second kappa shape index (κ2) is 8.91. The molecule has 188 valence electrons. The summed E-state index contributed by atoms with van der Waals surface area (Å²) in [5.41, 5.74) is 0. The minimum atomic E-state index is -3.42. The molecule has 0 saturated heterocycles. The first-order chi connectivity index (χ1) is 19.7. The molecule has 0 saturated carbocycles. The molecule has 8 aromatic rings. The summed E-state index contributed by atoms with van der Waals surface area (Å²) in [7, 11) is -3.42. The Morgan fingerprint density at radius 1 is 0.300 bits per heavy atom. The smallest absolute Gasteiger partial charge is 0.172 e. The van der Waals surface area contributed by atoms with Crippen LogP contribution in [0.4, 0.5) is 0 Å². The van der Waals surface area contributed by atoms with E-state index in [4.69, 9.17) is 0 Å². The molecular formula is C38H25OP. The zero-order chi connectivity index (χ0) is 26.7. The minimum absolute atomic E-state index is 0.881. The zero-order valence-corrected chi connectivity index (χ0v) is 22.7. The van der Waals surface area contributed by atoms with E-state index >= 15 is 4.57 Å². The largest absolute Gasteiger partial charge is 0.309 e. The van der Waals surface area contributed by atoms with Crippen LogP contribution in [0, 0.1) is 0 Å². The predicted molar refractivity (Wildman–Crippen MR) is 173 cm³/mol. The van der Waals surface area contributed by atoms with Crippen molar-refractivity contribution in [3.63, 3.8) is 0 Å². The number of benzene rings is 8.